The average Bonchev–Trinajstić information content (AvgIpc) is 3.02. The zero-order valence-electron chi connectivity index (χ0n) is 11.9. The smallest absolute Gasteiger partial charge is 0.146 e. The molecule has 21 heavy (non-hydrogen) atoms. The molecule has 2 N–H and O–H groups in total. The van der Waals surface area contributed by atoms with Crippen LogP contribution in [0, 0.1) is 0 Å². The number of anilines is 1. The van der Waals surface area contributed by atoms with Gasteiger partial charge in [0.2, 0.25) is 0 Å². The molecule has 0 spiro atoms. The summed E-state index contributed by atoms with van der Waals surface area (Å²) in [7, 11) is 0. The molecule has 2 aliphatic heterocycles. The lowest BCUT2D eigenvalue weighted by atomic mass is 9.88. The number of para-hydroxylation sites is 1. The Morgan fingerprint density at radius 2 is 1.76 bits per heavy atom. The van der Waals surface area contributed by atoms with Crippen molar-refractivity contribution < 1.29 is 4.39 Å². The van der Waals surface area contributed by atoms with Crippen LogP contribution in [-0.2, 0) is 12.8 Å². The quantitative estimate of drug-likeness (QED) is 0.880. The normalized spacial score (nSPS) is 21.3. The van der Waals surface area contributed by atoms with Gasteiger partial charge in [0.25, 0.3) is 0 Å². The Bertz CT molecular complexity index is 668. The first kappa shape index (κ1) is 12.8. The van der Waals surface area contributed by atoms with Crippen molar-refractivity contribution in [1.82, 2.24) is 5.32 Å². The van der Waals surface area contributed by atoms with Crippen molar-refractivity contribution in [2.45, 2.75) is 25.1 Å². The molecule has 2 unspecified atom stereocenters. The van der Waals surface area contributed by atoms with Gasteiger partial charge in [-0.2, -0.15) is 0 Å². The summed E-state index contributed by atoms with van der Waals surface area (Å²) in [6, 6.07) is 13.9. The lowest BCUT2D eigenvalue weighted by Crippen LogP contribution is -2.32. The topological polar surface area (TPSA) is 24.1 Å². The van der Waals surface area contributed by atoms with E-state index < -0.39 is 6.17 Å². The summed E-state index contributed by atoms with van der Waals surface area (Å²) in [6.45, 7) is 1.75. The van der Waals surface area contributed by atoms with Crippen LogP contribution in [0.5, 0.6) is 0 Å². The zero-order valence-corrected chi connectivity index (χ0v) is 11.9. The average molecular weight is 282 g/mol. The van der Waals surface area contributed by atoms with Crippen molar-refractivity contribution >= 4 is 5.69 Å². The van der Waals surface area contributed by atoms with E-state index >= 15 is 4.39 Å². The van der Waals surface area contributed by atoms with Gasteiger partial charge in [-0.05, 0) is 36.1 Å². The number of halogens is 1. The van der Waals surface area contributed by atoms with Crippen LogP contribution in [0.25, 0.3) is 0 Å². The maximum atomic E-state index is 15.3. The first-order valence-corrected chi connectivity index (χ1v) is 7.65. The van der Waals surface area contributed by atoms with Crippen LogP contribution in [0.15, 0.2) is 42.5 Å². The summed E-state index contributed by atoms with van der Waals surface area (Å²) in [5.41, 5.74) is 5.41. The van der Waals surface area contributed by atoms with Crippen LogP contribution < -0.4 is 10.6 Å². The molecule has 0 aromatic heterocycles. The standard InChI is InChI=1S/C18H19FN2/c19-16(15-7-3-5-13-9-11-20-17(13)15)18-14-6-2-1-4-12(14)8-10-21-18/h1-7,16,18,20-21H,8-11H2. The van der Waals surface area contributed by atoms with Crippen LogP contribution >= 0.6 is 0 Å². The van der Waals surface area contributed by atoms with Gasteiger partial charge in [0, 0.05) is 17.8 Å². The third kappa shape index (κ3) is 2.12. The van der Waals surface area contributed by atoms with Gasteiger partial charge in [-0.3, -0.25) is 0 Å². The van der Waals surface area contributed by atoms with Crippen molar-refractivity contribution in [3.63, 3.8) is 0 Å². The van der Waals surface area contributed by atoms with E-state index in [2.05, 4.69) is 28.8 Å². The predicted octanol–water partition coefficient (Wildman–Crippen LogP) is 3.55. The fourth-order valence-electron chi connectivity index (χ4n) is 3.57. The Kier molecular flexibility index (Phi) is 3.15. The summed E-state index contributed by atoms with van der Waals surface area (Å²) >= 11 is 0. The highest BCUT2D eigenvalue weighted by Gasteiger charge is 2.31. The van der Waals surface area contributed by atoms with Crippen LogP contribution in [0.2, 0.25) is 0 Å². The Hall–Kier alpha value is -1.87. The van der Waals surface area contributed by atoms with Crippen molar-refractivity contribution in [2.24, 2.45) is 0 Å². The first-order valence-electron chi connectivity index (χ1n) is 7.65. The fourth-order valence-corrected chi connectivity index (χ4v) is 3.57. The SMILES string of the molecule is FC(c1cccc2c1NCC2)C1NCCc2ccccc21. The van der Waals surface area contributed by atoms with E-state index in [0.717, 1.165) is 42.7 Å². The summed E-state index contributed by atoms with van der Waals surface area (Å²) in [6.07, 6.45) is 0.946. The summed E-state index contributed by atoms with van der Waals surface area (Å²) in [5.74, 6) is 0. The Balaban J connectivity index is 1.73. The second-order valence-corrected chi connectivity index (χ2v) is 5.84. The Morgan fingerprint density at radius 3 is 2.71 bits per heavy atom. The molecule has 108 valence electrons. The van der Waals surface area contributed by atoms with Crippen LogP contribution in [0.1, 0.15) is 34.5 Å². The fraction of sp³-hybridized carbons (Fsp3) is 0.333. The molecule has 0 saturated carbocycles. The van der Waals surface area contributed by atoms with Gasteiger partial charge in [-0.1, -0.05) is 42.5 Å². The lowest BCUT2D eigenvalue weighted by molar-refractivity contribution is 0.250. The minimum Gasteiger partial charge on any atom is -0.384 e. The first-order chi connectivity index (χ1) is 10.3. The predicted molar refractivity (Wildman–Crippen MR) is 83.4 cm³/mol. The van der Waals surface area contributed by atoms with Gasteiger partial charge in [-0.25, -0.2) is 4.39 Å². The molecule has 0 bridgehead atoms. The number of hydrogen-bond acceptors (Lipinski definition) is 2. The number of benzene rings is 2. The van der Waals surface area contributed by atoms with Crippen molar-refractivity contribution in [1.29, 1.82) is 0 Å². The highest BCUT2D eigenvalue weighted by Crippen LogP contribution is 2.41. The van der Waals surface area contributed by atoms with Gasteiger partial charge in [0.15, 0.2) is 0 Å². The highest BCUT2D eigenvalue weighted by molar-refractivity contribution is 5.62. The largest absolute Gasteiger partial charge is 0.384 e. The molecule has 2 aliphatic rings. The van der Waals surface area contributed by atoms with Gasteiger partial charge in [0.05, 0.1) is 6.04 Å². The number of hydrogen-bond donors (Lipinski definition) is 2. The van der Waals surface area contributed by atoms with Gasteiger partial charge < -0.3 is 10.6 Å². The minimum atomic E-state index is -1.02. The molecule has 2 nitrogen and oxygen atoms in total. The van der Waals surface area contributed by atoms with E-state index in [9.17, 15) is 0 Å². The zero-order chi connectivity index (χ0) is 14.2. The molecule has 4 rings (SSSR count). The van der Waals surface area contributed by atoms with Crippen LogP contribution in [0.4, 0.5) is 10.1 Å². The molecule has 2 aromatic carbocycles. The molecule has 2 heterocycles. The molecule has 0 amide bonds. The van der Waals surface area contributed by atoms with E-state index in [-0.39, 0.29) is 6.04 Å². The Morgan fingerprint density at radius 1 is 0.952 bits per heavy atom. The lowest BCUT2D eigenvalue weighted by Gasteiger charge is -2.30. The van der Waals surface area contributed by atoms with Gasteiger partial charge in [0.1, 0.15) is 6.17 Å². The number of rotatable bonds is 2. The summed E-state index contributed by atoms with van der Waals surface area (Å²) < 4.78 is 15.3. The Labute approximate surface area is 124 Å². The van der Waals surface area contributed by atoms with Crippen LogP contribution in [-0.4, -0.2) is 13.1 Å². The second-order valence-electron chi connectivity index (χ2n) is 5.84. The molecular weight excluding hydrogens is 263 g/mol. The van der Waals surface area contributed by atoms with Crippen LogP contribution in [0.3, 0.4) is 0 Å². The summed E-state index contributed by atoms with van der Waals surface area (Å²) in [5, 5.41) is 6.71. The van der Waals surface area contributed by atoms with E-state index in [1.165, 1.54) is 11.1 Å². The van der Waals surface area contributed by atoms with E-state index in [4.69, 9.17) is 0 Å². The van der Waals surface area contributed by atoms with E-state index in [1.807, 2.05) is 24.3 Å². The number of nitrogens with one attached hydrogen (secondary N) is 2. The number of alkyl halides is 1. The molecule has 2 atom stereocenters. The third-order valence-corrected chi connectivity index (χ3v) is 4.62. The molecule has 0 saturated heterocycles. The maximum absolute atomic E-state index is 15.3. The molecule has 2 aromatic rings. The van der Waals surface area contributed by atoms with Gasteiger partial charge >= 0.3 is 0 Å². The van der Waals surface area contributed by atoms with Crippen molar-refractivity contribution in [3.8, 4) is 0 Å². The molecular formula is C18H19FN2. The highest BCUT2D eigenvalue weighted by atomic mass is 19.1. The van der Waals surface area contributed by atoms with E-state index in [0.29, 0.717) is 0 Å². The molecule has 0 fully saturated rings. The van der Waals surface area contributed by atoms with Gasteiger partial charge in [-0.15, -0.1) is 0 Å². The van der Waals surface area contributed by atoms with Crippen molar-refractivity contribution in [2.75, 3.05) is 18.4 Å². The monoisotopic (exact) mass is 282 g/mol. The molecule has 0 radical (unpaired) electrons. The minimum absolute atomic E-state index is 0.246. The molecule has 0 aliphatic carbocycles. The number of fused-ring (bicyclic) bond motifs is 2. The van der Waals surface area contributed by atoms with Crippen molar-refractivity contribution in [3.05, 3.63) is 64.7 Å². The molecule has 3 heteroatoms. The summed E-state index contributed by atoms with van der Waals surface area (Å²) in [4.78, 5) is 0. The van der Waals surface area contributed by atoms with E-state index in [1.54, 1.807) is 0 Å². The maximum Gasteiger partial charge on any atom is 0.146 e. The third-order valence-electron chi connectivity index (χ3n) is 4.62. The second kappa shape index (κ2) is 5.15.